The summed E-state index contributed by atoms with van der Waals surface area (Å²) in [7, 11) is 0. The van der Waals surface area contributed by atoms with Gasteiger partial charge in [0.15, 0.2) is 0 Å². The molecule has 0 aliphatic heterocycles. The minimum atomic E-state index is -1.13. The first-order valence-electron chi connectivity index (χ1n) is 6.95. The molecule has 7 heteroatoms. The summed E-state index contributed by atoms with van der Waals surface area (Å²) in [5.74, 6) is -3.49. The van der Waals surface area contributed by atoms with Crippen LogP contribution in [0, 0.1) is 23.0 Å². The van der Waals surface area contributed by atoms with Crippen LogP contribution in [0.25, 0.3) is 0 Å². The van der Waals surface area contributed by atoms with Gasteiger partial charge >= 0.3 is 0 Å². The monoisotopic (exact) mass is 329 g/mol. The third-order valence-electron chi connectivity index (χ3n) is 3.34. The Kier molecular flexibility index (Phi) is 5.22. The maximum atomic E-state index is 13.2. The molecule has 1 atom stereocenters. The lowest BCUT2D eigenvalue weighted by Gasteiger charge is -2.16. The molecule has 122 valence electrons. The Hall–Kier alpha value is -3.27. The van der Waals surface area contributed by atoms with Gasteiger partial charge in [-0.05, 0) is 23.8 Å². The zero-order chi connectivity index (χ0) is 17.7. The number of hydrogen-bond acceptors (Lipinski definition) is 3. The molecule has 0 aliphatic carbocycles. The zero-order valence-electron chi connectivity index (χ0n) is 12.4. The zero-order valence-corrected chi connectivity index (χ0v) is 12.4. The number of carbonyl (C=O) groups excluding carboxylic acids is 2. The minimum Gasteiger partial charge on any atom is -0.368 e. The molecule has 5 nitrogen and oxygen atoms in total. The van der Waals surface area contributed by atoms with E-state index in [-0.39, 0.29) is 12.0 Å². The van der Waals surface area contributed by atoms with Crippen molar-refractivity contribution in [3.63, 3.8) is 0 Å². The average Bonchev–Trinajstić information content (AvgIpc) is 2.53. The fraction of sp³-hybridized carbons (Fsp3) is 0.118. The number of benzene rings is 2. The van der Waals surface area contributed by atoms with Crippen molar-refractivity contribution in [3.8, 4) is 6.07 Å². The molecule has 24 heavy (non-hydrogen) atoms. The predicted octanol–water partition coefficient (Wildman–Crippen LogP) is 1.66. The van der Waals surface area contributed by atoms with E-state index < -0.39 is 29.5 Å². The summed E-state index contributed by atoms with van der Waals surface area (Å²) in [5, 5.41) is 11.4. The van der Waals surface area contributed by atoms with Gasteiger partial charge < -0.3 is 11.1 Å². The minimum absolute atomic E-state index is 0.0113. The first-order chi connectivity index (χ1) is 11.4. The molecule has 0 aromatic heterocycles. The van der Waals surface area contributed by atoms with Crippen molar-refractivity contribution in [2.45, 2.75) is 12.5 Å². The van der Waals surface area contributed by atoms with Crippen molar-refractivity contribution in [2.75, 3.05) is 0 Å². The first-order valence-corrected chi connectivity index (χ1v) is 6.95. The normalized spacial score (nSPS) is 11.4. The van der Waals surface area contributed by atoms with E-state index >= 15 is 0 Å². The Labute approximate surface area is 136 Å². The van der Waals surface area contributed by atoms with Crippen LogP contribution in [0.3, 0.4) is 0 Å². The van der Waals surface area contributed by atoms with Crippen LogP contribution in [0.15, 0.2) is 42.5 Å². The lowest BCUT2D eigenvalue weighted by molar-refractivity contribution is -0.119. The quantitative estimate of drug-likeness (QED) is 0.873. The van der Waals surface area contributed by atoms with Crippen LogP contribution >= 0.6 is 0 Å². The highest BCUT2D eigenvalue weighted by molar-refractivity contribution is 5.97. The predicted molar refractivity (Wildman–Crippen MR) is 81.7 cm³/mol. The number of primary amides is 1. The van der Waals surface area contributed by atoms with Crippen LogP contribution in [0.4, 0.5) is 8.78 Å². The van der Waals surface area contributed by atoms with Crippen molar-refractivity contribution < 1.29 is 18.4 Å². The van der Waals surface area contributed by atoms with E-state index in [0.29, 0.717) is 17.2 Å². The van der Waals surface area contributed by atoms with E-state index in [2.05, 4.69) is 5.32 Å². The smallest absolute Gasteiger partial charge is 0.252 e. The number of carbonyl (C=O) groups is 2. The fourth-order valence-electron chi connectivity index (χ4n) is 2.18. The maximum absolute atomic E-state index is 13.2. The SMILES string of the molecule is N#Cc1ccccc1C[C@H](NC(=O)c1cc(F)cc(F)c1)C(N)=O. The summed E-state index contributed by atoms with van der Waals surface area (Å²) < 4.78 is 26.4. The van der Waals surface area contributed by atoms with Crippen molar-refractivity contribution >= 4 is 11.8 Å². The Balaban J connectivity index is 2.21. The number of nitrogens with one attached hydrogen (secondary N) is 1. The molecule has 2 rings (SSSR count). The Morgan fingerprint density at radius 3 is 2.38 bits per heavy atom. The number of nitrogens with zero attached hydrogens (tertiary/aromatic N) is 1. The van der Waals surface area contributed by atoms with Crippen molar-refractivity contribution in [1.82, 2.24) is 5.32 Å². The van der Waals surface area contributed by atoms with Gasteiger partial charge in [-0.3, -0.25) is 9.59 Å². The largest absolute Gasteiger partial charge is 0.368 e. The summed E-state index contributed by atoms with van der Waals surface area (Å²) in [4.78, 5) is 23.7. The van der Waals surface area contributed by atoms with Crippen LogP contribution in [0.2, 0.25) is 0 Å². The second-order valence-corrected chi connectivity index (χ2v) is 5.06. The van der Waals surface area contributed by atoms with Gasteiger partial charge in [-0.2, -0.15) is 5.26 Å². The molecule has 0 aliphatic rings. The number of halogens is 2. The van der Waals surface area contributed by atoms with E-state index in [1.807, 2.05) is 6.07 Å². The van der Waals surface area contributed by atoms with Gasteiger partial charge in [0.25, 0.3) is 5.91 Å². The van der Waals surface area contributed by atoms with Gasteiger partial charge in [-0.25, -0.2) is 8.78 Å². The molecule has 0 fully saturated rings. The Morgan fingerprint density at radius 1 is 1.17 bits per heavy atom. The topological polar surface area (TPSA) is 96.0 Å². The van der Waals surface area contributed by atoms with Gasteiger partial charge in [0.2, 0.25) is 5.91 Å². The lowest BCUT2D eigenvalue weighted by atomic mass is 10.00. The van der Waals surface area contributed by atoms with Crippen molar-refractivity contribution in [1.29, 1.82) is 5.26 Å². The molecule has 0 spiro atoms. The standard InChI is InChI=1S/C17H13F2N3O2/c18-13-5-12(6-14(19)8-13)17(24)22-15(16(21)23)7-10-3-1-2-4-11(10)9-20/h1-6,8,15H,7H2,(H2,21,23)(H,22,24)/t15-/m0/s1. The molecule has 3 N–H and O–H groups in total. The van der Waals surface area contributed by atoms with E-state index in [1.54, 1.807) is 24.3 Å². The van der Waals surface area contributed by atoms with Gasteiger partial charge in [0.05, 0.1) is 11.6 Å². The third-order valence-corrected chi connectivity index (χ3v) is 3.34. The molecular formula is C17H13F2N3O2. The number of amides is 2. The molecule has 0 radical (unpaired) electrons. The second kappa shape index (κ2) is 7.33. The first kappa shape index (κ1) is 17.1. The highest BCUT2D eigenvalue weighted by Crippen LogP contribution is 2.12. The van der Waals surface area contributed by atoms with Gasteiger partial charge in [-0.15, -0.1) is 0 Å². The van der Waals surface area contributed by atoms with E-state index in [0.717, 1.165) is 12.1 Å². The number of nitrogens with two attached hydrogens (primary N) is 1. The van der Waals surface area contributed by atoms with Crippen LogP contribution in [0.5, 0.6) is 0 Å². The van der Waals surface area contributed by atoms with Gasteiger partial charge in [-0.1, -0.05) is 18.2 Å². The summed E-state index contributed by atoms with van der Waals surface area (Å²) in [5.41, 5.74) is 5.87. The molecule has 0 saturated carbocycles. The van der Waals surface area contributed by atoms with E-state index in [1.165, 1.54) is 0 Å². The second-order valence-electron chi connectivity index (χ2n) is 5.06. The molecule has 0 heterocycles. The maximum Gasteiger partial charge on any atom is 0.252 e. The van der Waals surface area contributed by atoms with E-state index in [4.69, 9.17) is 11.0 Å². The van der Waals surface area contributed by atoms with Crippen LogP contribution in [-0.4, -0.2) is 17.9 Å². The summed E-state index contributed by atoms with van der Waals surface area (Å²) in [6.07, 6.45) is -0.0113. The fourth-order valence-corrected chi connectivity index (χ4v) is 2.18. The Morgan fingerprint density at radius 2 is 1.79 bits per heavy atom. The Bertz CT molecular complexity index is 811. The molecular weight excluding hydrogens is 316 g/mol. The highest BCUT2D eigenvalue weighted by Gasteiger charge is 2.21. The van der Waals surface area contributed by atoms with E-state index in [9.17, 15) is 18.4 Å². The van der Waals surface area contributed by atoms with Gasteiger partial charge in [0, 0.05) is 18.1 Å². The van der Waals surface area contributed by atoms with Crippen LogP contribution in [0.1, 0.15) is 21.5 Å². The molecule has 0 bridgehead atoms. The summed E-state index contributed by atoms with van der Waals surface area (Å²) >= 11 is 0. The molecule has 2 aromatic carbocycles. The lowest BCUT2D eigenvalue weighted by Crippen LogP contribution is -2.46. The van der Waals surface area contributed by atoms with Crippen molar-refractivity contribution in [3.05, 3.63) is 70.8 Å². The molecule has 2 amide bonds. The van der Waals surface area contributed by atoms with Crippen LogP contribution < -0.4 is 11.1 Å². The third kappa shape index (κ3) is 4.14. The molecule has 0 unspecified atom stereocenters. The summed E-state index contributed by atoms with van der Waals surface area (Å²) in [6.45, 7) is 0. The number of rotatable bonds is 5. The van der Waals surface area contributed by atoms with Crippen LogP contribution in [-0.2, 0) is 11.2 Å². The summed E-state index contributed by atoms with van der Waals surface area (Å²) in [6, 6.07) is 9.71. The number of nitriles is 1. The molecule has 0 saturated heterocycles. The van der Waals surface area contributed by atoms with Gasteiger partial charge in [0.1, 0.15) is 17.7 Å². The average molecular weight is 329 g/mol. The number of hydrogen-bond donors (Lipinski definition) is 2. The van der Waals surface area contributed by atoms with Crippen molar-refractivity contribution in [2.24, 2.45) is 5.73 Å². The highest BCUT2D eigenvalue weighted by atomic mass is 19.1. The molecule has 2 aromatic rings.